The maximum absolute atomic E-state index is 5.18. The third kappa shape index (κ3) is 1.26. The van der Waals surface area contributed by atoms with Gasteiger partial charge in [-0.15, -0.1) is 11.3 Å². The van der Waals surface area contributed by atoms with Crippen LogP contribution in [-0.4, -0.2) is 16.5 Å². The predicted octanol–water partition coefficient (Wildman–Crippen LogP) is 2.47. The van der Waals surface area contributed by atoms with E-state index in [1.807, 2.05) is 6.92 Å². The van der Waals surface area contributed by atoms with E-state index >= 15 is 0 Å². The molecule has 2 aromatic heterocycles. The molecule has 0 aliphatic rings. The van der Waals surface area contributed by atoms with Crippen LogP contribution in [0.4, 0.5) is 0 Å². The number of fused-ring (bicyclic) bond motifs is 1. The lowest BCUT2D eigenvalue weighted by Crippen LogP contribution is -1.97. The van der Waals surface area contributed by atoms with Crippen LogP contribution in [-0.2, 0) is 11.3 Å². The van der Waals surface area contributed by atoms with Gasteiger partial charge in [0.25, 0.3) is 0 Å². The topological polar surface area (TPSA) is 26.5 Å². The van der Waals surface area contributed by atoms with E-state index in [0.717, 1.165) is 10.7 Å². The SMILES string of the molecule is COCc1c(C)nc2sc(C)c(C)n12. The minimum Gasteiger partial charge on any atom is -0.378 e. The average molecular weight is 210 g/mol. The molecular formula is C10H14N2OS. The number of aromatic nitrogens is 2. The standard InChI is InChI=1S/C10H14N2OS/c1-6-9(5-13-4)12-7(2)8(3)14-10(12)11-6/h5H2,1-4H3. The summed E-state index contributed by atoms with van der Waals surface area (Å²) < 4.78 is 7.38. The molecule has 3 nitrogen and oxygen atoms in total. The largest absolute Gasteiger partial charge is 0.378 e. The van der Waals surface area contributed by atoms with Crippen LogP contribution in [0.5, 0.6) is 0 Å². The molecule has 0 saturated heterocycles. The number of methoxy groups -OCH3 is 1. The second-order valence-electron chi connectivity index (χ2n) is 3.44. The molecule has 4 heteroatoms. The quantitative estimate of drug-likeness (QED) is 0.761. The van der Waals surface area contributed by atoms with Crippen LogP contribution < -0.4 is 0 Å². The van der Waals surface area contributed by atoms with Crippen LogP contribution in [0, 0.1) is 20.8 Å². The van der Waals surface area contributed by atoms with Gasteiger partial charge in [-0.3, -0.25) is 4.40 Å². The minimum absolute atomic E-state index is 0.629. The Morgan fingerprint density at radius 1 is 1.36 bits per heavy atom. The average Bonchev–Trinajstić information content (AvgIpc) is 2.55. The van der Waals surface area contributed by atoms with E-state index in [1.54, 1.807) is 18.4 Å². The van der Waals surface area contributed by atoms with Gasteiger partial charge in [0, 0.05) is 17.7 Å². The molecule has 0 radical (unpaired) electrons. The Labute approximate surface area is 87.3 Å². The first-order valence-electron chi connectivity index (χ1n) is 4.58. The molecule has 0 aliphatic heterocycles. The summed E-state index contributed by atoms with van der Waals surface area (Å²) in [6.45, 7) is 6.91. The highest BCUT2D eigenvalue weighted by atomic mass is 32.1. The Hall–Kier alpha value is -0.870. The van der Waals surface area contributed by atoms with Gasteiger partial charge < -0.3 is 4.74 Å². The van der Waals surface area contributed by atoms with Gasteiger partial charge in [-0.05, 0) is 20.8 Å². The normalized spacial score (nSPS) is 11.4. The Bertz CT molecular complexity index is 470. The summed E-state index contributed by atoms with van der Waals surface area (Å²) in [6.07, 6.45) is 0. The number of nitrogens with zero attached hydrogens (tertiary/aromatic N) is 2. The molecule has 0 unspecified atom stereocenters. The molecule has 14 heavy (non-hydrogen) atoms. The van der Waals surface area contributed by atoms with Crippen LogP contribution in [0.2, 0.25) is 0 Å². The van der Waals surface area contributed by atoms with E-state index in [1.165, 1.54) is 16.3 Å². The van der Waals surface area contributed by atoms with Crippen LogP contribution in [0.15, 0.2) is 0 Å². The fourth-order valence-corrected chi connectivity index (χ4v) is 2.66. The Morgan fingerprint density at radius 3 is 2.71 bits per heavy atom. The Kier molecular flexibility index (Phi) is 2.33. The summed E-state index contributed by atoms with van der Waals surface area (Å²) >= 11 is 1.74. The van der Waals surface area contributed by atoms with Crippen molar-refractivity contribution in [1.82, 2.24) is 9.38 Å². The molecule has 0 amide bonds. The third-order valence-electron chi connectivity index (χ3n) is 2.51. The minimum atomic E-state index is 0.629. The van der Waals surface area contributed by atoms with Crippen molar-refractivity contribution >= 4 is 16.3 Å². The first kappa shape index (κ1) is 9.68. The summed E-state index contributed by atoms with van der Waals surface area (Å²) in [5.74, 6) is 0. The molecule has 0 fully saturated rings. The lowest BCUT2D eigenvalue weighted by molar-refractivity contribution is 0.180. The van der Waals surface area contributed by atoms with Crippen molar-refractivity contribution < 1.29 is 4.74 Å². The molecule has 0 aromatic carbocycles. The number of hydrogen-bond acceptors (Lipinski definition) is 3. The van der Waals surface area contributed by atoms with Crippen LogP contribution in [0.3, 0.4) is 0 Å². The van der Waals surface area contributed by atoms with Gasteiger partial charge in [-0.1, -0.05) is 0 Å². The molecular weight excluding hydrogens is 196 g/mol. The van der Waals surface area contributed by atoms with Crippen molar-refractivity contribution in [3.05, 3.63) is 22.0 Å². The smallest absolute Gasteiger partial charge is 0.194 e. The first-order chi connectivity index (χ1) is 6.65. The maximum Gasteiger partial charge on any atom is 0.194 e. The lowest BCUT2D eigenvalue weighted by atomic mass is 10.3. The highest BCUT2D eigenvalue weighted by Crippen LogP contribution is 2.25. The van der Waals surface area contributed by atoms with Crippen molar-refractivity contribution in [3.8, 4) is 0 Å². The zero-order valence-corrected chi connectivity index (χ0v) is 9.73. The molecule has 2 aromatic rings. The number of hydrogen-bond donors (Lipinski definition) is 0. The molecule has 76 valence electrons. The number of ether oxygens (including phenoxy) is 1. The summed E-state index contributed by atoms with van der Waals surface area (Å²) in [7, 11) is 1.72. The summed E-state index contributed by atoms with van der Waals surface area (Å²) in [5, 5.41) is 0. The van der Waals surface area contributed by atoms with Gasteiger partial charge in [-0.2, -0.15) is 0 Å². The van der Waals surface area contributed by atoms with Crippen molar-refractivity contribution in [3.63, 3.8) is 0 Å². The lowest BCUT2D eigenvalue weighted by Gasteiger charge is -2.01. The van der Waals surface area contributed by atoms with Crippen LogP contribution in [0.1, 0.15) is 22.0 Å². The van der Waals surface area contributed by atoms with Gasteiger partial charge in [0.15, 0.2) is 4.96 Å². The van der Waals surface area contributed by atoms with E-state index < -0.39 is 0 Å². The fraction of sp³-hybridized carbons (Fsp3) is 0.500. The fourth-order valence-electron chi connectivity index (χ4n) is 1.62. The van der Waals surface area contributed by atoms with E-state index in [9.17, 15) is 0 Å². The van der Waals surface area contributed by atoms with Gasteiger partial charge >= 0.3 is 0 Å². The summed E-state index contributed by atoms with van der Waals surface area (Å²) in [6, 6.07) is 0. The molecule has 0 saturated carbocycles. The monoisotopic (exact) mass is 210 g/mol. The second-order valence-corrected chi connectivity index (χ2v) is 4.62. The molecule has 0 aliphatic carbocycles. The van der Waals surface area contributed by atoms with Gasteiger partial charge in [0.2, 0.25) is 0 Å². The van der Waals surface area contributed by atoms with E-state index in [-0.39, 0.29) is 0 Å². The van der Waals surface area contributed by atoms with Crippen molar-refractivity contribution in [1.29, 1.82) is 0 Å². The first-order valence-corrected chi connectivity index (χ1v) is 5.39. The van der Waals surface area contributed by atoms with Gasteiger partial charge in [-0.25, -0.2) is 4.98 Å². The van der Waals surface area contributed by atoms with E-state index in [0.29, 0.717) is 6.61 Å². The van der Waals surface area contributed by atoms with Crippen LogP contribution >= 0.6 is 11.3 Å². The second kappa shape index (κ2) is 3.37. The molecule has 2 heterocycles. The van der Waals surface area contributed by atoms with Crippen LogP contribution in [0.25, 0.3) is 4.96 Å². The molecule has 0 spiro atoms. The Morgan fingerprint density at radius 2 is 2.07 bits per heavy atom. The number of aryl methyl sites for hydroxylation is 3. The summed E-state index contributed by atoms with van der Waals surface area (Å²) in [5.41, 5.74) is 3.52. The van der Waals surface area contributed by atoms with Crippen molar-refractivity contribution in [2.75, 3.05) is 7.11 Å². The Balaban J connectivity index is 2.71. The third-order valence-corrected chi connectivity index (χ3v) is 3.57. The zero-order valence-electron chi connectivity index (χ0n) is 8.92. The zero-order chi connectivity index (χ0) is 10.3. The van der Waals surface area contributed by atoms with E-state index in [2.05, 4.69) is 23.2 Å². The van der Waals surface area contributed by atoms with Crippen molar-refractivity contribution in [2.24, 2.45) is 0 Å². The molecule has 0 bridgehead atoms. The molecule has 2 rings (SSSR count). The highest BCUT2D eigenvalue weighted by Gasteiger charge is 2.13. The van der Waals surface area contributed by atoms with Crippen molar-refractivity contribution in [2.45, 2.75) is 27.4 Å². The summed E-state index contributed by atoms with van der Waals surface area (Å²) in [4.78, 5) is 6.91. The number of imidazole rings is 1. The highest BCUT2D eigenvalue weighted by molar-refractivity contribution is 7.17. The predicted molar refractivity (Wildman–Crippen MR) is 58.0 cm³/mol. The molecule has 0 N–H and O–H groups in total. The van der Waals surface area contributed by atoms with Gasteiger partial charge in [0.05, 0.1) is 18.0 Å². The van der Waals surface area contributed by atoms with E-state index in [4.69, 9.17) is 4.74 Å². The molecule has 0 atom stereocenters. The number of rotatable bonds is 2. The van der Waals surface area contributed by atoms with Gasteiger partial charge in [0.1, 0.15) is 0 Å². The number of thiazole rings is 1. The maximum atomic E-state index is 5.18.